The molecule has 1 aromatic heterocycles. The molecule has 1 aliphatic rings. The molecule has 166 valence electrons. The average molecular weight is 433 g/mol. The van der Waals surface area contributed by atoms with Crippen LogP contribution in [0.15, 0.2) is 41.8 Å². The minimum absolute atomic E-state index is 0.0337. The Hall–Kier alpha value is -1.86. The highest BCUT2D eigenvalue weighted by Gasteiger charge is 2.38. The normalized spacial score (nSPS) is 22.9. The van der Waals surface area contributed by atoms with Crippen molar-refractivity contribution in [1.29, 1.82) is 0 Å². The molecule has 1 fully saturated rings. The van der Waals surface area contributed by atoms with Crippen LogP contribution in [0.4, 0.5) is 5.69 Å². The number of imidazole rings is 1. The highest BCUT2D eigenvalue weighted by atomic mass is 32.2. The van der Waals surface area contributed by atoms with E-state index in [1.807, 2.05) is 12.1 Å². The molecule has 1 saturated heterocycles. The van der Waals surface area contributed by atoms with Crippen LogP contribution in [0.3, 0.4) is 0 Å². The second kappa shape index (κ2) is 9.52. The second-order valence-corrected chi connectivity index (χ2v) is 10.6. The zero-order valence-electron chi connectivity index (χ0n) is 18.8. The lowest BCUT2D eigenvalue weighted by Gasteiger charge is -2.45. The minimum Gasteiger partial charge on any atom is -0.339 e. The third-order valence-corrected chi connectivity index (χ3v) is 7.89. The van der Waals surface area contributed by atoms with Crippen LogP contribution in [0, 0.1) is 5.92 Å². The number of hydrogen-bond acceptors (Lipinski definition) is 4. The van der Waals surface area contributed by atoms with Crippen molar-refractivity contribution in [3.8, 4) is 0 Å². The van der Waals surface area contributed by atoms with Crippen molar-refractivity contribution >= 4 is 15.7 Å². The molecule has 2 atom stereocenters. The molecule has 30 heavy (non-hydrogen) atoms. The SMILES string of the molecule is CCCCCCN1CC[C@](C)(c2cccc(NS(=O)(=O)c3cn(C)cn3)c2)[C@@H](C)C1. The summed E-state index contributed by atoms with van der Waals surface area (Å²) in [6.45, 7) is 10.3. The predicted molar refractivity (Wildman–Crippen MR) is 122 cm³/mol. The molecule has 0 amide bonds. The molecule has 1 aromatic carbocycles. The van der Waals surface area contributed by atoms with Gasteiger partial charge in [0.15, 0.2) is 5.03 Å². The molecule has 0 saturated carbocycles. The van der Waals surface area contributed by atoms with Crippen LogP contribution in [0.2, 0.25) is 0 Å². The zero-order chi connectivity index (χ0) is 21.8. The number of rotatable bonds is 9. The van der Waals surface area contributed by atoms with Crippen molar-refractivity contribution in [3.63, 3.8) is 0 Å². The van der Waals surface area contributed by atoms with Crippen LogP contribution < -0.4 is 4.72 Å². The maximum Gasteiger partial charge on any atom is 0.280 e. The number of benzene rings is 1. The van der Waals surface area contributed by atoms with E-state index in [4.69, 9.17) is 0 Å². The third kappa shape index (κ3) is 5.24. The number of hydrogen-bond donors (Lipinski definition) is 1. The summed E-state index contributed by atoms with van der Waals surface area (Å²) in [6, 6.07) is 7.88. The highest BCUT2D eigenvalue weighted by Crippen LogP contribution is 2.40. The lowest BCUT2D eigenvalue weighted by Crippen LogP contribution is -2.47. The van der Waals surface area contributed by atoms with E-state index >= 15 is 0 Å². The highest BCUT2D eigenvalue weighted by molar-refractivity contribution is 7.92. The number of nitrogens with zero attached hydrogens (tertiary/aromatic N) is 3. The molecule has 1 N–H and O–H groups in total. The lowest BCUT2D eigenvalue weighted by molar-refractivity contribution is 0.109. The van der Waals surface area contributed by atoms with Gasteiger partial charge in [0.25, 0.3) is 10.0 Å². The van der Waals surface area contributed by atoms with Crippen LogP contribution >= 0.6 is 0 Å². The Morgan fingerprint density at radius 3 is 2.73 bits per heavy atom. The van der Waals surface area contributed by atoms with Gasteiger partial charge < -0.3 is 9.47 Å². The van der Waals surface area contributed by atoms with E-state index < -0.39 is 10.0 Å². The van der Waals surface area contributed by atoms with Crippen molar-refractivity contribution in [2.24, 2.45) is 13.0 Å². The summed E-state index contributed by atoms with van der Waals surface area (Å²) in [5.74, 6) is 0.500. The van der Waals surface area contributed by atoms with Gasteiger partial charge in [-0.1, -0.05) is 52.2 Å². The molecule has 1 aliphatic heterocycles. The van der Waals surface area contributed by atoms with Gasteiger partial charge >= 0.3 is 0 Å². The number of aryl methyl sites for hydroxylation is 1. The lowest BCUT2D eigenvalue weighted by atomic mass is 9.68. The van der Waals surface area contributed by atoms with E-state index in [9.17, 15) is 8.42 Å². The van der Waals surface area contributed by atoms with Gasteiger partial charge in [0, 0.05) is 25.5 Å². The largest absolute Gasteiger partial charge is 0.339 e. The van der Waals surface area contributed by atoms with Gasteiger partial charge in [-0.2, -0.15) is 8.42 Å². The summed E-state index contributed by atoms with van der Waals surface area (Å²) in [5.41, 5.74) is 1.82. The first kappa shape index (κ1) is 22.8. The van der Waals surface area contributed by atoms with Gasteiger partial charge in [0.05, 0.1) is 6.33 Å². The summed E-state index contributed by atoms with van der Waals surface area (Å²) in [6.07, 6.45) is 9.27. The van der Waals surface area contributed by atoms with E-state index in [1.54, 1.807) is 17.7 Å². The smallest absolute Gasteiger partial charge is 0.280 e. The fourth-order valence-corrected chi connectivity index (χ4v) is 5.42. The molecule has 2 heterocycles. The van der Waals surface area contributed by atoms with Crippen LogP contribution in [0.5, 0.6) is 0 Å². The van der Waals surface area contributed by atoms with Gasteiger partial charge in [0.2, 0.25) is 0 Å². The van der Waals surface area contributed by atoms with E-state index in [0.717, 1.165) is 19.5 Å². The Bertz CT molecular complexity index is 940. The fraction of sp³-hybridized carbons (Fsp3) is 0.609. The number of sulfonamides is 1. The van der Waals surface area contributed by atoms with E-state index in [-0.39, 0.29) is 10.4 Å². The Morgan fingerprint density at radius 1 is 1.27 bits per heavy atom. The number of aromatic nitrogens is 2. The third-order valence-electron chi connectivity index (χ3n) is 6.63. The Morgan fingerprint density at radius 2 is 2.07 bits per heavy atom. The standard InChI is InChI=1S/C23H36N4O2S/c1-5-6-7-8-13-27-14-12-23(3,19(2)16-27)20-10-9-11-21(15-20)25-30(28,29)22-17-26(4)18-24-22/h9-11,15,17-19,25H,5-8,12-14,16H2,1-4H3/t19-,23-/m0/s1. The summed E-state index contributed by atoms with van der Waals surface area (Å²) in [4.78, 5) is 6.57. The van der Waals surface area contributed by atoms with E-state index in [2.05, 4.69) is 41.4 Å². The summed E-state index contributed by atoms with van der Waals surface area (Å²) >= 11 is 0. The first-order chi connectivity index (χ1) is 14.2. The first-order valence-corrected chi connectivity index (χ1v) is 12.6. The number of anilines is 1. The van der Waals surface area contributed by atoms with Crippen molar-refractivity contribution < 1.29 is 8.42 Å². The van der Waals surface area contributed by atoms with Gasteiger partial charge in [-0.05, 0) is 55.0 Å². The Kier molecular flexibility index (Phi) is 7.24. The molecule has 0 bridgehead atoms. The van der Waals surface area contributed by atoms with Gasteiger partial charge in [-0.25, -0.2) is 4.98 Å². The van der Waals surface area contributed by atoms with Gasteiger partial charge in [0.1, 0.15) is 0 Å². The van der Waals surface area contributed by atoms with Crippen LogP contribution in [-0.2, 0) is 22.5 Å². The molecule has 0 unspecified atom stereocenters. The summed E-state index contributed by atoms with van der Waals surface area (Å²) in [7, 11) is -1.93. The minimum atomic E-state index is -3.69. The van der Waals surface area contributed by atoms with E-state index in [0.29, 0.717) is 11.6 Å². The topological polar surface area (TPSA) is 67.2 Å². The number of likely N-dealkylation sites (tertiary alicyclic amines) is 1. The van der Waals surface area contributed by atoms with Crippen molar-refractivity contribution in [1.82, 2.24) is 14.5 Å². The molecular formula is C23H36N4O2S. The second-order valence-electron chi connectivity index (χ2n) is 8.99. The Labute approximate surface area is 181 Å². The molecular weight excluding hydrogens is 396 g/mol. The van der Waals surface area contributed by atoms with Crippen molar-refractivity contribution in [3.05, 3.63) is 42.4 Å². The monoisotopic (exact) mass is 432 g/mol. The molecule has 0 radical (unpaired) electrons. The predicted octanol–water partition coefficient (Wildman–Crippen LogP) is 4.40. The molecule has 0 spiro atoms. The fourth-order valence-electron chi connectivity index (χ4n) is 4.38. The molecule has 6 nitrogen and oxygen atoms in total. The molecule has 7 heteroatoms. The van der Waals surface area contributed by atoms with E-state index in [1.165, 1.54) is 50.3 Å². The maximum atomic E-state index is 12.6. The number of nitrogens with one attached hydrogen (secondary N) is 1. The van der Waals surface area contributed by atoms with Crippen molar-refractivity contribution in [2.75, 3.05) is 24.4 Å². The molecule has 0 aliphatic carbocycles. The quantitative estimate of drug-likeness (QED) is 0.597. The zero-order valence-corrected chi connectivity index (χ0v) is 19.6. The average Bonchev–Trinajstić information content (AvgIpc) is 3.15. The maximum absolute atomic E-state index is 12.6. The Balaban J connectivity index is 1.69. The number of piperidine rings is 1. The van der Waals surface area contributed by atoms with Crippen molar-refractivity contribution in [2.45, 2.75) is 63.3 Å². The summed E-state index contributed by atoms with van der Waals surface area (Å²) in [5, 5.41) is 0.0337. The van der Waals surface area contributed by atoms with Crippen LogP contribution in [-0.4, -0.2) is 42.5 Å². The summed E-state index contributed by atoms with van der Waals surface area (Å²) < 4.78 is 29.6. The van der Waals surface area contributed by atoms with Gasteiger partial charge in [-0.3, -0.25) is 4.72 Å². The number of unbranched alkanes of at least 4 members (excludes halogenated alkanes) is 3. The van der Waals surface area contributed by atoms with Crippen LogP contribution in [0.1, 0.15) is 58.4 Å². The first-order valence-electron chi connectivity index (χ1n) is 11.1. The molecule has 2 aromatic rings. The van der Waals surface area contributed by atoms with Crippen LogP contribution in [0.25, 0.3) is 0 Å². The van der Waals surface area contributed by atoms with Gasteiger partial charge in [-0.15, -0.1) is 0 Å². The molecule has 3 rings (SSSR count).